The molecule has 33 heavy (non-hydrogen) atoms. The minimum atomic E-state index is -1.15. The summed E-state index contributed by atoms with van der Waals surface area (Å²) in [6.45, 7) is 3.28. The fourth-order valence-corrected chi connectivity index (χ4v) is 4.09. The summed E-state index contributed by atoms with van der Waals surface area (Å²) in [6, 6.07) is 18.3. The van der Waals surface area contributed by atoms with Gasteiger partial charge in [0.2, 0.25) is 5.91 Å². The first-order valence-electron chi connectivity index (χ1n) is 12.3. The number of amides is 1. The van der Waals surface area contributed by atoms with Crippen molar-refractivity contribution in [1.29, 1.82) is 0 Å². The van der Waals surface area contributed by atoms with Crippen LogP contribution in [0, 0.1) is 0 Å². The third-order valence-corrected chi connectivity index (χ3v) is 6.09. The summed E-state index contributed by atoms with van der Waals surface area (Å²) in [5.41, 5.74) is 2.16. The van der Waals surface area contributed by atoms with E-state index in [1.807, 2.05) is 30.3 Å². The Morgan fingerprint density at radius 3 is 2.15 bits per heavy atom. The number of carbonyl (C=O) groups is 1. The van der Waals surface area contributed by atoms with Gasteiger partial charge in [0.05, 0.1) is 31.5 Å². The molecule has 0 aromatic heterocycles. The molecule has 0 saturated carbocycles. The quantitative estimate of drug-likeness (QED) is 0.308. The van der Waals surface area contributed by atoms with Crippen LogP contribution in [0.5, 0.6) is 0 Å². The molecule has 0 aliphatic carbocycles. The zero-order valence-corrected chi connectivity index (χ0v) is 20.3. The molecule has 2 aromatic rings. The standard InChI is InChI=1S/C28H41NO4/c1-3-4-5-6-7-9-12-24-15-17-26(18-16-24)27(33-20-25-13-10-8-11-14-25)19-28(21-30,22-31)29-23(2)32/h8,10-11,13-18,27,30-31H,3-7,9,12,19-22H2,1-2H3,(H,29,32). The van der Waals surface area contributed by atoms with Crippen LogP contribution in [0.1, 0.15) is 81.6 Å². The van der Waals surface area contributed by atoms with Gasteiger partial charge in [-0.2, -0.15) is 0 Å². The molecule has 0 spiro atoms. The van der Waals surface area contributed by atoms with Gasteiger partial charge >= 0.3 is 0 Å². The summed E-state index contributed by atoms with van der Waals surface area (Å²) in [6.07, 6.45) is 8.60. The second-order valence-corrected chi connectivity index (χ2v) is 9.03. The van der Waals surface area contributed by atoms with Gasteiger partial charge in [-0.3, -0.25) is 4.79 Å². The lowest BCUT2D eigenvalue weighted by atomic mass is 9.89. The number of carbonyl (C=O) groups excluding carboxylic acids is 1. The second kappa shape index (κ2) is 14.8. The van der Waals surface area contributed by atoms with Gasteiger partial charge in [-0.25, -0.2) is 0 Å². The van der Waals surface area contributed by atoms with E-state index in [1.54, 1.807) is 0 Å². The summed E-state index contributed by atoms with van der Waals surface area (Å²) >= 11 is 0. The van der Waals surface area contributed by atoms with Gasteiger partial charge < -0.3 is 20.3 Å². The summed E-state index contributed by atoms with van der Waals surface area (Å²) in [4.78, 5) is 11.7. The van der Waals surface area contributed by atoms with E-state index in [1.165, 1.54) is 51.0 Å². The van der Waals surface area contributed by atoms with Crippen molar-refractivity contribution < 1.29 is 19.7 Å². The number of hydrogen-bond donors (Lipinski definition) is 3. The normalized spacial score (nSPS) is 12.5. The molecule has 1 amide bonds. The Morgan fingerprint density at radius 2 is 1.55 bits per heavy atom. The van der Waals surface area contributed by atoms with Crippen LogP contribution in [0.2, 0.25) is 0 Å². The van der Waals surface area contributed by atoms with Gasteiger partial charge in [-0.05, 0) is 29.5 Å². The highest BCUT2D eigenvalue weighted by molar-refractivity contribution is 5.73. The first kappa shape index (κ1) is 27.0. The predicted octanol–water partition coefficient (Wildman–Crippen LogP) is 5.10. The predicted molar refractivity (Wildman–Crippen MR) is 133 cm³/mol. The number of aryl methyl sites for hydroxylation is 1. The molecule has 0 saturated heterocycles. The van der Waals surface area contributed by atoms with Crippen LogP contribution < -0.4 is 5.32 Å². The monoisotopic (exact) mass is 455 g/mol. The Bertz CT molecular complexity index is 787. The van der Waals surface area contributed by atoms with Crippen molar-refractivity contribution in [3.05, 3.63) is 71.3 Å². The van der Waals surface area contributed by atoms with Crippen LogP contribution in [-0.2, 0) is 22.6 Å². The maximum absolute atomic E-state index is 11.7. The summed E-state index contributed by atoms with van der Waals surface area (Å²) in [5, 5.41) is 22.7. The summed E-state index contributed by atoms with van der Waals surface area (Å²) in [7, 11) is 0. The fraction of sp³-hybridized carbons (Fsp3) is 0.536. The third-order valence-electron chi connectivity index (χ3n) is 6.09. The molecule has 2 rings (SSSR count). The highest BCUT2D eigenvalue weighted by atomic mass is 16.5. The minimum absolute atomic E-state index is 0.267. The molecule has 1 unspecified atom stereocenters. The first-order valence-corrected chi connectivity index (χ1v) is 12.3. The molecule has 182 valence electrons. The lowest BCUT2D eigenvalue weighted by Gasteiger charge is -2.34. The van der Waals surface area contributed by atoms with Crippen molar-refractivity contribution in [2.45, 2.75) is 83.5 Å². The summed E-state index contributed by atoms with van der Waals surface area (Å²) < 4.78 is 6.26. The number of aliphatic hydroxyl groups excluding tert-OH is 2. The van der Waals surface area contributed by atoms with Crippen molar-refractivity contribution in [1.82, 2.24) is 5.32 Å². The topological polar surface area (TPSA) is 78.8 Å². The number of hydrogen-bond acceptors (Lipinski definition) is 4. The Balaban J connectivity index is 2.08. The summed E-state index contributed by atoms with van der Waals surface area (Å²) in [5.74, 6) is -0.297. The van der Waals surface area contributed by atoms with Crippen LogP contribution >= 0.6 is 0 Å². The molecule has 3 N–H and O–H groups in total. The number of unbranched alkanes of at least 4 members (excludes halogenated alkanes) is 5. The number of aliphatic hydroxyl groups is 2. The van der Waals surface area contributed by atoms with E-state index in [-0.39, 0.29) is 31.6 Å². The van der Waals surface area contributed by atoms with E-state index in [2.05, 4.69) is 36.5 Å². The van der Waals surface area contributed by atoms with E-state index in [4.69, 9.17) is 4.74 Å². The van der Waals surface area contributed by atoms with Crippen molar-refractivity contribution in [3.63, 3.8) is 0 Å². The van der Waals surface area contributed by atoms with E-state index in [0.717, 1.165) is 17.5 Å². The third kappa shape index (κ3) is 9.66. The lowest BCUT2D eigenvalue weighted by Crippen LogP contribution is -2.54. The SMILES string of the molecule is CCCCCCCCc1ccc(C(CC(CO)(CO)NC(C)=O)OCc2ccccc2)cc1. The average molecular weight is 456 g/mol. The van der Waals surface area contributed by atoms with Gasteiger partial charge in [0.1, 0.15) is 0 Å². The maximum atomic E-state index is 11.7. The molecular formula is C28H41NO4. The van der Waals surface area contributed by atoms with Gasteiger partial charge in [-0.1, -0.05) is 93.6 Å². The largest absolute Gasteiger partial charge is 0.394 e. The zero-order valence-electron chi connectivity index (χ0n) is 20.3. The lowest BCUT2D eigenvalue weighted by molar-refractivity contribution is -0.123. The molecule has 2 aromatic carbocycles. The van der Waals surface area contributed by atoms with Gasteiger partial charge in [0.15, 0.2) is 0 Å². The van der Waals surface area contributed by atoms with Crippen LogP contribution in [0.3, 0.4) is 0 Å². The molecule has 5 heteroatoms. The molecule has 0 bridgehead atoms. The van der Waals surface area contributed by atoms with E-state index >= 15 is 0 Å². The highest BCUT2D eigenvalue weighted by Gasteiger charge is 2.34. The van der Waals surface area contributed by atoms with Gasteiger partial charge in [-0.15, -0.1) is 0 Å². The number of ether oxygens (including phenoxy) is 1. The molecule has 0 radical (unpaired) electrons. The van der Waals surface area contributed by atoms with E-state index in [0.29, 0.717) is 6.61 Å². The first-order chi connectivity index (χ1) is 16.0. The van der Waals surface area contributed by atoms with Crippen LogP contribution in [-0.4, -0.2) is 34.9 Å². The van der Waals surface area contributed by atoms with E-state index < -0.39 is 5.54 Å². The molecule has 1 atom stereocenters. The Morgan fingerprint density at radius 1 is 0.909 bits per heavy atom. The Hall–Kier alpha value is -2.21. The smallest absolute Gasteiger partial charge is 0.217 e. The number of rotatable bonds is 16. The molecular weight excluding hydrogens is 414 g/mol. The number of benzene rings is 2. The van der Waals surface area contributed by atoms with Crippen LogP contribution in [0.25, 0.3) is 0 Å². The number of nitrogens with one attached hydrogen (secondary N) is 1. The maximum Gasteiger partial charge on any atom is 0.217 e. The van der Waals surface area contributed by atoms with Gasteiger partial charge in [0.25, 0.3) is 0 Å². The fourth-order valence-electron chi connectivity index (χ4n) is 4.09. The van der Waals surface area contributed by atoms with Crippen molar-refractivity contribution >= 4 is 5.91 Å². The molecule has 5 nitrogen and oxygen atoms in total. The van der Waals surface area contributed by atoms with Crippen molar-refractivity contribution in [3.8, 4) is 0 Å². The Labute approximate surface area is 199 Å². The van der Waals surface area contributed by atoms with Crippen LogP contribution in [0.4, 0.5) is 0 Å². The highest BCUT2D eigenvalue weighted by Crippen LogP contribution is 2.29. The minimum Gasteiger partial charge on any atom is -0.394 e. The second-order valence-electron chi connectivity index (χ2n) is 9.03. The van der Waals surface area contributed by atoms with E-state index in [9.17, 15) is 15.0 Å². The molecule has 0 aliphatic heterocycles. The molecule has 0 fully saturated rings. The average Bonchev–Trinajstić information content (AvgIpc) is 2.84. The van der Waals surface area contributed by atoms with Crippen LogP contribution in [0.15, 0.2) is 54.6 Å². The Kier molecular flexibility index (Phi) is 12.2. The van der Waals surface area contributed by atoms with Crippen molar-refractivity contribution in [2.24, 2.45) is 0 Å². The van der Waals surface area contributed by atoms with Gasteiger partial charge in [0, 0.05) is 13.3 Å². The van der Waals surface area contributed by atoms with Crippen molar-refractivity contribution in [2.75, 3.05) is 13.2 Å². The molecule has 0 aliphatic rings. The molecule has 0 heterocycles. The zero-order chi connectivity index (χ0) is 23.9.